The Morgan fingerprint density at radius 2 is 2.21 bits per heavy atom. The average Bonchev–Trinajstić information content (AvgIpc) is 2.93. The van der Waals surface area contributed by atoms with Crippen molar-refractivity contribution >= 4 is 11.3 Å². The molecule has 0 aliphatic heterocycles. The van der Waals surface area contributed by atoms with E-state index in [2.05, 4.69) is 46.9 Å². The molecule has 2 aromatic rings. The Morgan fingerprint density at radius 1 is 1.32 bits per heavy atom. The first kappa shape index (κ1) is 14.2. The molecule has 19 heavy (non-hydrogen) atoms. The average molecular weight is 274 g/mol. The number of nitrogens with zero attached hydrogens (tertiary/aromatic N) is 1. The number of aromatic nitrogens is 1. The third-order valence-electron chi connectivity index (χ3n) is 3.39. The van der Waals surface area contributed by atoms with Gasteiger partial charge in [0, 0.05) is 29.2 Å². The SMILES string of the molecule is CNC(CCCc1cccs1)Cc1ccc(C)cn1. The summed E-state index contributed by atoms with van der Waals surface area (Å²) in [6, 6.07) is 9.15. The van der Waals surface area contributed by atoms with Crippen molar-refractivity contribution in [3.63, 3.8) is 0 Å². The van der Waals surface area contributed by atoms with Gasteiger partial charge in [-0.1, -0.05) is 12.1 Å². The summed E-state index contributed by atoms with van der Waals surface area (Å²) in [6.45, 7) is 2.08. The minimum Gasteiger partial charge on any atom is -0.317 e. The molecule has 0 saturated carbocycles. The summed E-state index contributed by atoms with van der Waals surface area (Å²) >= 11 is 1.86. The number of likely N-dealkylation sites (N-methyl/N-ethyl adjacent to an activating group) is 1. The van der Waals surface area contributed by atoms with Crippen molar-refractivity contribution in [3.05, 3.63) is 52.0 Å². The van der Waals surface area contributed by atoms with Crippen molar-refractivity contribution in [3.8, 4) is 0 Å². The molecule has 2 heterocycles. The van der Waals surface area contributed by atoms with Crippen LogP contribution in [0.4, 0.5) is 0 Å². The summed E-state index contributed by atoms with van der Waals surface area (Å²) in [6.07, 6.45) is 6.59. The summed E-state index contributed by atoms with van der Waals surface area (Å²) in [5.74, 6) is 0. The number of thiophene rings is 1. The molecule has 1 N–H and O–H groups in total. The van der Waals surface area contributed by atoms with Gasteiger partial charge in [0.05, 0.1) is 0 Å². The topological polar surface area (TPSA) is 24.9 Å². The summed E-state index contributed by atoms with van der Waals surface area (Å²) < 4.78 is 0. The van der Waals surface area contributed by atoms with E-state index in [0.29, 0.717) is 6.04 Å². The second-order valence-corrected chi connectivity index (χ2v) is 6.02. The fraction of sp³-hybridized carbons (Fsp3) is 0.438. The molecule has 2 rings (SSSR count). The predicted octanol–water partition coefficient (Wildman–Crippen LogP) is 3.60. The third kappa shape index (κ3) is 4.77. The van der Waals surface area contributed by atoms with E-state index in [-0.39, 0.29) is 0 Å². The maximum absolute atomic E-state index is 4.49. The van der Waals surface area contributed by atoms with Crippen molar-refractivity contribution in [2.24, 2.45) is 0 Å². The van der Waals surface area contributed by atoms with Crippen molar-refractivity contribution in [1.29, 1.82) is 0 Å². The van der Waals surface area contributed by atoms with Gasteiger partial charge in [0.25, 0.3) is 0 Å². The Hall–Kier alpha value is -1.19. The van der Waals surface area contributed by atoms with E-state index in [4.69, 9.17) is 0 Å². The Kier molecular flexibility index (Phi) is 5.55. The molecule has 0 saturated heterocycles. The van der Waals surface area contributed by atoms with Crippen LogP contribution in [-0.2, 0) is 12.8 Å². The van der Waals surface area contributed by atoms with Crippen LogP contribution >= 0.6 is 11.3 Å². The van der Waals surface area contributed by atoms with E-state index in [9.17, 15) is 0 Å². The maximum atomic E-state index is 4.49. The minimum absolute atomic E-state index is 0.523. The van der Waals surface area contributed by atoms with Crippen LogP contribution in [0.2, 0.25) is 0 Å². The molecule has 0 spiro atoms. The van der Waals surface area contributed by atoms with Crippen LogP contribution in [0.3, 0.4) is 0 Å². The van der Waals surface area contributed by atoms with Crippen molar-refractivity contribution in [2.45, 2.75) is 38.6 Å². The van der Waals surface area contributed by atoms with Gasteiger partial charge in [-0.25, -0.2) is 0 Å². The highest BCUT2D eigenvalue weighted by atomic mass is 32.1. The lowest BCUT2D eigenvalue weighted by Crippen LogP contribution is -2.28. The molecule has 0 aliphatic rings. The molecule has 0 radical (unpaired) electrons. The van der Waals surface area contributed by atoms with Crippen LogP contribution < -0.4 is 5.32 Å². The summed E-state index contributed by atoms with van der Waals surface area (Å²) in [7, 11) is 2.05. The number of rotatable bonds is 7. The molecule has 0 amide bonds. The van der Waals surface area contributed by atoms with Gasteiger partial charge in [0.15, 0.2) is 0 Å². The zero-order valence-corrected chi connectivity index (χ0v) is 12.5. The lowest BCUT2D eigenvalue weighted by atomic mass is 10.0. The van der Waals surface area contributed by atoms with E-state index in [1.807, 2.05) is 24.6 Å². The fourth-order valence-electron chi connectivity index (χ4n) is 2.20. The quantitative estimate of drug-likeness (QED) is 0.834. The van der Waals surface area contributed by atoms with Gasteiger partial charge >= 0.3 is 0 Å². The molecule has 2 nitrogen and oxygen atoms in total. The van der Waals surface area contributed by atoms with Gasteiger partial charge in [0.1, 0.15) is 0 Å². The van der Waals surface area contributed by atoms with E-state index < -0.39 is 0 Å². The van der Waals surface area contributed by atoms with E-state index in [1.165, 1.54) is 35.4 Å². The molecule has 3 heteroatoms. The minimum atomic E-state index is 0.523. The van der Waals surface area contributed by atoms with Gasteiger partial charge < -0.3 is 5.32 Å². The van der Waals surface area contributed by atoms with E-state index in [0.717, 1.165) is 6.42 Å². The van der Waals surface area contributed by atoms with Gasteiger partial charge in [-0.2, -0.15) is 0 Å². The van der Waals surface area contributed by atoms with Crippen LogP contribution in [0, 0.1) is 6.92 Å². The number of aryl methyl sites for hydroxylation is 2. The summed E-state index contributed by atoms with van der Waals surface area (Å²) in [5.41, 5.74) is 2.41. The highest BCUT2D eigenvalue weighted by molar-refractivity contribution is 7.09. The predicted molar refractivity (Wildman–Crippen MR) is 82.8 cm³/mol. The molecule has 0 fully saturated rings. The molecule has 0 bridgehead atoms. The van der Waals surface area contributed by atoms with Gasteiger partial charge in [-0.15, -0.1) is 11.3 Å². The van der Waals surface area contributed by atoms with Gasteiger partial charge in [-0.05, 0) is 56.3 Å². The molecule has 1 unspecified atom stereocenters. The van der Waals surface area contributed by atoms with Crippen molar-refractivity contribution in [1.82, 2.24) is 10.3 Å². The second-order valence-electron chi connectivity index (χ2n) is 4.99. The Labute approximate surface area is 119 Å². The normalized spacial score (nSPS) is 12.5. The number of pyridine rings is 1. The molecule has 0 aromatic carbocycles. The summed E-state index contributed by atoms with van der Waals surface area (Å²) in [4.78, 5) is 5.98. The smallest absolute Gasteiger partial charge is 0.0419 e. The van der Waals surface area contributed by atoms with Crippen LogP contribution in [0.1, 0.15) is 29.0 Å². The molecule has 0 aliphatic carbocycles. The zero-order chi connectivity index (χ0) is 13.5. The summed E-state index contributed by atoms with van der Waals surface area (Å²) in [5, 5.41) is 5.56. The zero-order valence-electron chi connectivity index (χ0n) is 11.7. The first-order valence-electron chi connectivity index (χ1n) is 6.89. The number of hydrogen-bond donors (Lipinski definition) is 1. The number of nitrogens with one attached hydrogen (secondary N) is 1. The highest BCUT2D eigenvalue weighted by Crippen LogP contribution is 2.14. The third-order valence-corrected chi connectivity index (χ3v) is 4.33. The maximum Gasteiger partial charge on any atom is 0.0419 e. The molecular weight excluding hydrogens is 252 g/mol. The molecule has 2 aromatic heterocycles. The van der Waals surface area contributed by atoms with Gasteiger partial charge in [-0.3, -0.25) is 4.98 Å². The largest absolute Gasteiger partial charge is 0.317 e. The Balaban J connectivity index is 1.78. The Bertz CT molecular complexity index is 462. The monoisotopic (exact) mass is 274 g/mol. The first-order valence-corrected chi connectivity index (χ1v) is 7.77. The van der Waals surface area contributed by atoms with Crippen molar-refractivity contribution in [2.75, 3.05) is 7.05 Å². The van der Waals surface area contributed by atoms with E-state index >= 15 is 0 Å². The second kappa shape index (κ2) is 7.41. The first-order chi connectivity index (χ1) is 9.28. The molecule has 1 atom stereocenters. The highest BCUT2D eigenvalue weighted by Gasteiger charge is 2.08. The lowest BCUT2D eigenvalue weighted by molar-refractivity contribution is 0.498. The van der Waals surface area contributed by atoms with Crippen LogP contribution in [0.25, 0.3) is 0 Å². The fourth-order valence-corrected chi connectivity index (χ4v) is 2.95. The van der Waals surface area contributed by atoms with Crippen LogP contribution in [0.15, 0.2) is 35.8 Å². The standard InChI is InChI=1S/C16H22N2S/c1-13-8-9-15(18-12-13)11-14(17-2)5-3-6-16-7-4-10-19-16/h4,7-10,12,14,17H,3,5-6,11H2,1-2H3. The molecule has 102 valence electrons. The van der Waals surface area contributed by atoms with Crippen molar-refractivity contribution < 1.29 is 0 Å². The molecular formula is C16H22N2S. The lowest BCUT2D eigenvalue weighted by Gasteiger charge is -2.15. The number of hydrogen-bond acceptors (Lipinski definition) is 3. The Morgan fingerprint density at radius 3 is 2.84 bits per heavy atom. The van der Waals surface area contributed by atoms with Crippen LogP contribution in [0.5, 0.6) is 0 Å². The van der Waals surface area contributed by atoms with Crippen LogP contribution in [-0.4, -0.2) is 18.1 Å². The van der Waals surface area contributed by atoms with E-state index in [1.54, 1.807) is 0 Å². The van der Waals surface area contributed by atoms with Gasteiger partial charge in [0.2, 0.25) is 0 Å².